The van der Waals surface area contributed by atoms with Crippen LogP contribution in [0.25, 0.3) is 0 Å². The number of benzene rings is 1. The van der Waals surface area contributed by atoms with Gasteiger partial charge in [-0.15, -0.1) is 0 Å². The molecule has 1 aliphatic heterocycles. The third-order valence-corrected chi connectivity index (χ3v) is 3.46. The quantitative estimate of drug-likeness (QED) is 0.651. The average molecular weight is 266 g/mol. The second kappa shape index (κ2) is 4.47. The van der Waals surface area contributed by atoms with Crippen LogP contribution >= 0.6 is 0 Å². The molecule has 0 saturated carbocycles. The molecule has 0 spiro atoms. The van der Waals surface area contributed by atoms with Crippen LogP contribution in [0.1, 0.15) is 25.5 Å². The van der Waals surface area contributed by atoms with Crippen molar-refractivity contribution in [2.45, 2.75) is 31.6 Å². The Morgan fingerprint density at radius 1 is 1.42 bits per heavy atom. The third-order valence-electron chi connectivity index (χ3n) is 3.46. The van der Waals surface area contributed by atoms with Gasteiger partial charge < -0.3 is 9.84 Å². The maximum atomic E-state index is 10.9. The Morgan fingerprint density at radius 3 is 2.58 bits per heavy atom. The molecule has 6 nitrogen and oxygen atoms in total. The van der Waals surface area contributed by atoms with Crippen molar-refractivity contribution in [2.24, 2.45) is 0 Å². The zero-order chi connectivity index (χ0) is 14.4. The van der Waals surface area contributed by atoms with Crippen molar-refractivity contribution in [3.63, 3.8) is 0 Å². The lowest BCUT2D eigenvalue weighted by Gasteiger charge is -2.44. The van der Waals surface area contributed by atoms with E-state index in [0.29, 0.717) is 11.3 Å². The lowest BCUT2D eigenvalue weighted by atomic mass is 9.86. The Labute approximate surface area is 111 Å². The highest BCUT2D eigenvalue weighted by molar-refractivity contribution is 5.47. The molecule has 1 heterocycles. The Morgan fingerprint density at radius 2 is 2.05 bits per heavy atom. The standard InChI is InChI=1S/C13H18N2O4/c1-13(2)12(16)11(14(3)4)9-7-8(15(17)18)5-6-10(9)19-13/h5-7,11-12,16H,1-4H3/t11-,12+/m0/s1. The van der Waals surface area contributed by atoms with E-state index in [2.05, 4.69) is 0 Å². The molecular weight excluding hydrogens is 248 g/mol. The molecule has 0 aromatic heterocycles. The molecule has 19 heavy (non-hydrogen) atoms. The summed E-state index contributed by atoms with van der Waals surface area (Å²) in [6.45, 7) is 3.61. The van der Waals surface area contributed by atoms with Crippen molar-refractivity contribution in [3.8, 4) is 5.75 Å². The highest BCUT2D eigenvalue weighted by Gasteiger charge is 2.44. The molecule has 6 heteroatoms. The first-order chi connectivity index (χ1) is 8.74. The fraction of sp³-hybridized carbons (Fsp3) is 0.538. The predicted octanol–water partition coefficient (Wildman–Crippen LogP) is 1.73. The van der Waals surface area contributed by atoms with Crippen molar-refractivity contribution in [1.82, 2.24) is 4.90 Å². The maximum absolute atomic E-state index is 10.9. The first-order valence-corrected chi connectivity index (χ1v) is 6.06. The van der Waals surface area contributed by atoms with Gasteiger partial charge in [-0.2, -0.15) is 0 Å². The number of likely N-dealkylation sites (N-methyl/N-ethyl adjacent to an activating group) is 1. The van der Waals surface area contributed by atoms with Gasteiger partial charge in [-0.3, -0.25) is 15.0 Å². The van der Waals surface area contributed by atoms with Crippen molar-refractivity contribution in [2.75, 3.05) is 14.1 Å². The lowest BCUT2D eigenvalue weighted by Crippen LogP contribution is -2.52. The summed E-state index contributed by atoms with van der Waals surface area (Å²) in [6.07, 6.45) is -0.767. The summed E-state index contributed by atoms with van der Waals surface area (Å²) in [5.41, 5.74) is -0.0925. The fourth-order valence-electron chi connectivity index (χ4n) is 2.43. The normalized spacial score (nSPS) is 24.7. The largest absolute Gasteiger partial charge is 0.485 e. The van der Waals surface area contributed by atoms with Crippen LogP contribution < -0.4 is 4.74 Å². The molecule has 2 atom stereocenters. The molecular formula is C13H18N2O4. The van der Waals surface area contributed by atoms with Crippen molar-refractivity contribution in [1.29, 1.82) is 0 Å². The highest BCUT2D eigenvalue weighted by atomic mass is 16.6. The van der Waals surface area contributed by atoms with Gasteiger partial charge in [-0.05, 0) is 34.0 Å². The topological polar surface area (TPSA) is 75.8 Å². The molecule has 1 N–H and O–H groups in total. The van der Waals surface area contributed by atoms with E-state index in [1.54, 1.807) is 19.9 Å². The molecule has 0 radical (unpaired) electrons. The number of rotatable bonds is 2. The molecule has 0 saturated heterocycles. The van der Waals surface area contributed by atoms with E-state index in [0.717, 1.165) is 0 Å². The summed E-state index contributed by atoms with van der Waals surface area (Å²) in [7, 11) is 3.66. The average Bonchev–Trinajstić information content (AvgIpc) is 2.29. The summed E-state index contributed by atoms with van der Waals surface area (Å²) in [5.74, 6) is 0.583. The minimum Gasteiger partial charge on any atom is -0.485 e. The SMILES string of the molecule is CN(C)[C@H]1c2cc([N+](=O)[O-])ccc2OC(C)(C)[C@@H]1O. The van der Waals surface area contributed by atoms with Crippen LogP contribution in [-0.4, -0.2) is 40.7 Å². The molecule has 0 aliphatic carbocycles. The maximum Gasteiger partial charge on any atom is 0.270 e. The van der Waals surface area contributed by atoms with Gasteiger partial charge in [0.05, 0.1) is 11.0 Å². The Balaban J connectivity index is 2.57. The molecule has 2 rings (SSSR count). The highest BCUT2D eigenvalue weighted by Crippen LogP contribution is 2.43. The molecule has 104 valence electrons. The van der Waals surface area contributed by atoms with E-state index in [1.165, 1.54) is 12.1 Å². The first kappa shape index (κ1) is 13.8. The number of nitrogens with zero attached hydrogens (tertiary/aromatic N) is 2. The van der Waals surface area contributed by atoms with Crippen molar-refractivity contribution < 1.29 is 14.8 Å². The van der Waals surface area contributed by atoms with E-state index in [1.807, 2.05) is 19.0 Å². The smallest absolute Gasteiger partial charge is 0.270 e. The zero-order valence-corrected chi connectivity index (χ0v) is 11.5. The van der Waals surface area contributed by atoms with E-state index in [4.69, 9.17) is 4.74 Å². The van der Waals surface area contributed by atoms with Crippen LogP contribution in [0.4, 0.5) is 5.69 Å². The second-order valence-corrected chi connectivity index (χ2v) is 5.54. The summed E-state index contributed by atoms with van der Waals surface area (Å²) in [5, 5.41) is 21.3. The zero-order valence-electron chi connectivity index (χ0n) is 11.5. The summed E-state index contributed by atoms with van der Waals surface area (Å²) in [6, 6.07) is 4.15. The Hall–Kier alpha value is -1.66. The van der Waals surface area contributed by atoms with Crippen LogP contribution in [0.3, 0.4) is 0 Å². The van der Waals surface area contributed by atoms with Crippen LogP contribution in [0.2, 0.25) is 0 Å². The number of nitro groups is 1. The van der Waals surface area contributed by atoms with Crippen LogP contribution in [0.5, 0.6) is 5.75 Å². The van der Waals surface area contributed by atoms with Gasteiger partial charge in [0.1, 0.15) is 17.5 Å². The minimum atomic E-state index is -0.767. The van der Waals surface area contributed by atoms with Gasteiger partial charge in [0, 0.05) is 17.7 Å². The monoisotopic (exact) mass is 266 g/mol. The molecule has 0 amide bonds. The summed E-state index contributed by atoms with van der Waals surface area (Å²) < 4.78 is 5.75. The molecule has 0 fully saturated rings. The number of nitro benzene ring substituents is 1. The van der Waals surface area contributed by atoms with Gasteiger partial charge in [-0.1, -0.05) is 0 Å². The first-order valence-electron chi connectivity index (χ1n) is 6.06. The number of hydrogen-bond acceptors (Lipinski definition) is 5. The van der Waals surface area contributed by atoms with Crippen LogP contribution in [-0.2, 0) is 0 Å². The van der Waals surface area contributed by atoms with Gasteiger partial charge in [0.15, 0.2) is 0 Å². The van der Waals surface area contributed by atoms with Crippen LogP contribution in [0, 0.1) is 10.1 Å². The minimum absolute atomic E-state index is 0.00102. The molecule has 1 aromatic carbocycles. The molecule has 1 aromatic rings. The molecule has 0 unspecified atom stereocenters. The van der Waals surface area contributed by atoms with Crippen LogP contribution in [0.15, 0.2) is 18.2 Å². The third kappa shape index (κ3) is 2.29. The number of aliphatic hydroxyl groups excluding tert-OH is 1. The van der Waals surface area contributed by atoms with E-state index < -0.39 is 16.6 Å². The fourth-order valence-corrected chi connectivity index (χ4v) is 2.43. The van der Waals surface area contributed by atoms with E-state index >= 15 is 0 Å². The second-order valence-electron chi connectivity index (χ2n) is 5.54. The lowest BCUT2D eigenvalue weighted by molar-refractivity contribution is -0.385. The summed E-state index contributed by atoms with van der Waals surface area (Å²) >= 11 is 0. The number of fused-ring (bicyclic) bond motifs is 1. The Kier molecular flexibility index (Phi) is 3.24. The van der Waals surface area contributed by atoms with Gasteiger partial charge in [-0.25, -0.2) is 0 Å². The predicted molar refractivity (Wildman–Crippen MR) is 70.2 cm³/mol. The van der Waals surface area contributed by atoms with Crippen molar-refractivity contribution in [3.05, 3.63) is 33.9 Å². The number of non-ortho nitro benzene ring substituents is 1. The van der Waals surface area contributed by atoms with Crippen molar-refractivity contribution >= 4 is 5.69 Å². The number of ether oxygens (including phenoxy) is 1. The number of aliphatic hydroxyl groups is 1. The number of hydrogen-bond donors (Lipinski definition) is 1. The summed E-state index contributed by atoms with van der Waals surface area (Å²) in [4.78, 5) is 12.3. The van der Waals surface area contributed by atoms with Gasteiger partial charge in [0.25, 0.3) is 5.69 Å². The molecule has 1 aliphatic rings. The van der Waals surface area contributed by atoms with E-state index in [-0.39, 0.29) is 11.7 Å². The van der Waals surface area contributed by atoms with E-state index in [9.17, 15) is 15.2 Å². The van der Waals surface area contributed by atoms with Gasteiger partial charge >= 0.3 is 0 Å². The molecule has 0 bridgehead atoms. The van der Waals surface area contributed by atoms with Gasteiger partial charge in [0.2, 0.25) is 0 Å². The Bertz CT molecular complexity index is 513.